The summed E-state index contributed by atoms with van der Waals surface area (Å²) in [6.45, 7) is 1.63. The molecule has 2 aromatic rings. The number of aryl methyl sites for hydroxylation is 1. The van der Waals surface area contributed by atoms with Gasteiger partial charge >= 0.3 is 0 Å². The number of ether oxygens (including phenoxy) is 1. The second-order valence-corrected chi connectivity index (χ2v) is 6.03. The zero-order chi connectivity index (χ0) is 15.6. The van der Waals surface area contributed by atoms with E-state index in [1.165, 1.54) is 10.8 Å². The average Bonchev–Trinajstić information content (AvgIpc) is 2.47. The topological polar surface area (TPSA) is 61.2 Å². The van der Waals surface area contributed by atoms with Gasteiger partial charge in [0, 0.05) is 11.8 Å². The Labute approximate surface area is 138 Å². The molecule has 0 spiro atoms. The van der Waals surface area contributed by atoms with Crippen LogP contribution in [0.2, 0.25) is 0 Å². The molecular weight excluding hydrogens is 404 g/mol. The molecule has 0 N–H and O–H groups in total. The summed E-state index contributed by atoms with van der Waals surface area (Å²) >= 11 is 6.46. The van der Waals surface area contributed by atoms with E-state index >= 15 is 0 Å². The molecule has 0 aliphatic rings. The Hall–Kier alpha value is -1.47. The summed E-state index contributed by atoms with van der Waals surface area (Å²) in [5, 5.41) is 0. The summed E-state index contributed by atoms with van der Waals surface area (Å²) in [6, 6.07) is 5.04. The van der Waals surface area contributed by atoms with Crippen molar-refractivity contribution in [2.75, 3.05) is 7.11 Å². The molecule has 0 atom stereocenters. The van der Waals surface area contributed by atoms with Gasteiger partial charge in [-0.2, -0.15) is 0 Å². The number of hydrogen-bond acceptors (Lipinski definition) is 4. The highest BCUT2D eigenvalue weighted by Gasteiger charge is 2.13. The number of rotatable bonds is 4. The van der Waals surface area contributed by atoms with Crippen LogP contribution < -0.4 is 10.3 Å². The van der Waals surface area contributed by atoms with Crippen molar-refractivity contribution in [3.05, 3.63) is 55.1 Å². The molecule has 0 fully saturated rings. The minimum Gasteiger partial charge on any atom is -0.496 e. The number of benzene rings is 1. The molecule has 110 valence electrons. The number of hydrogen-bond donors (Lipinski definition) is 0. The Morgan fingerprint density at radius 2 is 2.05 bits per heavy atom. The molecule has 0 radical (unpaired) electrons. The Balaban J connectivity index is 2.33. The van der Waals surface area contributed by atoms with Crippen molar-refractivity contribution in [3.8, 4) is 5.75 Å². The SMILES string of the molecule is COc1ccc(C(=O)Cn2c(C)ncc(Br)c2=O)cc1Br. The number of aromatic nitrogens is 2. The molecule has 0 saturated carbocycles. The maximum Gasteiger partial charge on any atom is 0.268 e. The second-order valence-electron chi connectivity index (χ2n) is 4.32. The highest BCUT2D eigenvalue weighted by Crippen LogP contribution is 2.25. The van der Waals surface area contributed by atoms with Crippen LogP contribution in [0.4, 0.5) is 0 Å². The normalized spacial score (nSPS) is 10.5. The van der Waals surface area contributed by atoms with Crippen molar-refractivity contribution >= 4 is 37.6 Å². The van der Waals surface area contributed by atoms with Crippen LogP contribution in [0.1, 0.15) is 16.2 Å². The number of carbonyl (C=O) groups is 1. The zero-order valence-electron chi connectivity index (χ0n) is 11.4. The summed E-state index contributed by atoms with van der Waals surface area (Å²) in [7, 11) is 1.55. The van der Waals surface area contributed by atoms with Gasteiger partial charge in [0.1, 0.15) is 16.0 Å². The summed E-state index contributed by atoms with van der Waals surface area (Å²) in [5.74, 6) is 0.955. The fourth-order valence-electron chi connectivity index (χ4n) is 1.81. The average molecular weight is 416 g/mol. The van der Waals surface area contributed by atoms with Crippen LogP contribution in [0, 0.1) is 6.92 Å². The first kappa shape index (κ1) is 15.9. The number of carbonyl (C=O) groups excluding carboxylic acids is 1. The minimum atomic E-state index is -0.275. The first-order valence-electron chi connectivity index (χ1n) is 6.02. The smallest absolute Gasteiger partial charge is 0.268 e. The highest BCUT2D eigenvalue weighted by atomic mass is 79.9. The lowest BCUT2D eigenvalue weighted by atomic mass is 10.1. The lowest BCUT2D eigenvalue weighted by molar-refractivity contribution is 0.0969. The Morgan fingerprint density at radius 1 is 1.33 bits per heavy atom. The van der Waals surface area contributed by atoms with E-state index in [0.717, 1.165) is 0 Å². The number of nitrogens with zero attached hydrogens (tertiary/aromatic N) is 2. The maximum absolute atomic E-state index is 12.3. The van der Waals surface area contributed by atoms with Crippen molar-refractivity contribution in [2.24, 2.45) is 0 Å². The van der Waals surface area contributed by atoms with Gasteiger partial charge in [-0.1, -0.05) is 0 Å². The molecule has 0 saturated heterocycles. The molecule has 0 amide bonds. The summed E-state index contributed by atoms with van der Waals surface area (Å²) in [5.41, 5.74) is 0.220. The lowest BCUT2D eigenvalue weighted by Gasteiger charge is -2.10. The molecule has 5 nitrogen and oxygen atoms in total. The number of ketones is 1. The third kappa shape index (κ3) is 3.41. The maximum atomic E-state index is 12.3. The standard InChI is InChI=1S/C14H12Br2N2O3/c1-8-17-6-11(16)14(20)18(8)7-12(19)9-3-4-13(21-2)10(15)5-9/h3-6H,7H2,1-2H3. The molecule has 1 aromatic carbocycles. The predicted octanol–water partition coefficient (Wildman–Crippen LogP) is 2.97. The summed E-state index contributed by atoms with van der Waals surface area (Å²) in [4.78, 5) is 28.4. The van der Waals surface area contributed by atoms with Gasteiger partial charge in [-0.15, -0.1) is 0 Å². The van der Waals surface area contributed by atoms with E-state index in [0.29, 0.717) is 26.1 Å². The van der Waals surface area contributed by atoms with Crippen LogP contribution in [0.25, 0.3) is 0 Å². The molecular formula is C14H12Br2N2O3. The van der Waals surface area contributed by atoms with Crippen molar-refractivity contribution in [2.45, 2.75) is 13.5 Å². The second kappa shape index (κ2) is 6.53. The van der Waals surface area contributed by atoms with Crippen LogP contribution in [-0.4, -0.2) is 22.4 Å². The number of methoxy groups -OCH3 is 1. The Bertz CT molecular complexity index is 756. The Kier molecular flexibility index (Phi) is 4.95. The number of Topliss-reactive ketones (excluding diaryl/α,β-unsaturated/α-hetero) is 1. The quantitative estimate of drug-likeness (QED) is 0.720. The van der Waals surface area contributed by atoms with E-state index in [9.17, 15) is 9.59 Å². The third-order valence-electron chi connectivity index (χ3n) is 2.98. The van der Waals surface area contributed by atoms with E-state index in [-0.39, 0.29) is 17.9 Å². The van der Waals surface area contributed by atoms with Crippen LogP contribution in [0.5, 0.6) is 5.75 Å². The van der Waals surface area contributed by atoms with Gasteiger partial charge in [0.2, 0.25) is 0 Å². The zero-order valence-corrected chi connectivity index (χ0v) is 14.6. The first-order valence-corrected chi connectivity index (χ1v) is 7.61. The van der Waals surface area contributed by atoms with Gasteiger partial charge in [0.05, 0.1) is 18.1 Å². The van der Waals surface area contributed by atoms with Gasteiger partial charge in [-0.25, -0.2) is 4.98 Å². The molecule has 7 heteroatoms. The van der Waals surface area contributed by atoms with Crippen molar-refractivity contribution in [1.82, 2.24) is 9.55 Å². The highest BCUT2D eigenvalue weighted by molar-refractivity contribution is 9.10. The molecule has 1 heterocycles. The number of halogens is 2. The fourth-order valence-corrected chi connectivity index (χ4v) is 2.67. The van der Waals surface area contributed by atoms with Crippen molar-refractivity contribution in [1.29, 1.82) is 0 Å². The predicted molar refractivity (Wildman–Crippen MR) is 86.0 cm³/mol. The van der Waals surface area contributed by atoms with E-state index in [2.05, 4.69) is 36.8 Å². The summed E-state index contributed by atoms with van der Waals surface area (Å²) in [6.07, 6.45) is 1.43. The van der Waals surface area contributed by atoms with Crippen LogP contribution >= 0.6 is 31.9 Å². The van der Waals surface area contributed by atoms with Crippen LogP contribution in [0.15, 0.2) is 38.1 Å². The van der Waals surface area contributed by atoms with Gasteiger partial charge < -0.3 is 4.74 Å². The molecule has 0 unspecified atom stereocenters. The van der Waals surface area contributed by atoms with Crippen LogP contribution in [-0.2, 0) is 6.54 Å². The van der Waals surface area contributed by atoms with Gasteiger partial charge in [0.25, 0.3) is 5.56 Å². The van der Waals surface area contributed by atoms with Gasteiger partial charge in [-0.05, 0) is 57.0 Å². The molecule has 0 aliphatic carbocycles. The van der Waals surface area contributed by atoms with E-state index in [4.69, 9.17) is 4.74 Å². The molecule has 0 aliphatic heterocycles. The fraction of sp³-hybridized carbons (Fsp3) is 0.214. The Morgan fingerprint density at radius 3 is 2.67 bits per heavy atom. The van der Waals surface area contributed by atoms with E-state index in [1.807, 2.05) is 0 Å². The minimum absolute atomic E-state index is 0.0596. The lowest BCUT2D eigenvalue weighted by Crippen LogP contribution is -2.27. The molecule has 0 bridgehead atoms. The van der Waals surface area contributed by atoms with E-state index in [1.54, 1.807) is 32.2 Å². The molecule has 2 rings (SSSR count). The van der Waals surface area contributed by atoms with E-state index < -0.39 is 0 Å². The third-order valence-corrected chi connectivity index (χ3v) is 4.14. The largest absolute Gasteiger partial charge is 0.496 e. The summed E-state index contributed by atoms with van der Waals surface area (Å²) < 4.78 is 7.48. The molecule has 1 aromatic heterocycles. The van der Waals surface area contributed by atoms with Gasteiger partial charge in [-0.3, -0.25) is 14.2 Å². The van der Waals surface area contributed by atoms with Gasteiger partial charge in [0.15, 0.2) is 5.78 Å². The first-order chi connectivity index (χ1) is 9.93. The van der Waals surface area contributed by atoms with Crippen molar-refractivity contribution < 1.29 is 9.53 Å². The monoisotopic (exact) mass is 414 g/mol. The van der Waals surface area contributed by atoms with Crippen LogP contribution in [0.3, 0.4) is 0 Å². The molecule has 21 heavy (non-hydrogen) atoms. The van der Waals surface area contributed by atoms with Crippen molar-refractivity contribution in [3.63, 3.8) is 0 Å².